The molecule has 1 aromatic rings. The number of aliphatic hydroxyl groups excluding tert-OH is 2. The van der Waals surface area contributed by atoms with E-state index in [1.54, 1.807) is 0 Å². The number of aliphatic hydroxyl groups is 2. The zero-order valence-corrected chi connectivity index (χ0v) is 10.7. The summed E-state index contributed by atoms with van der Waals surface area (Å²) in [5.41, 5.74) is 0.464. The number of hydrogen-bond donors (Lipinski definition) is 3. The molecule has 0 bridgehead atoms. The summed E-state index contributed by atoms with van der Waals surface area (Å²) in [7, 11) is 0. The molecule has 0 aliphatic carbocycles. The van der Waals surface area contributed by atoms with Gasteiger partial charge in [0, 0.05) is 0 Å². The fourth-order valence-electron chi connectivity index (χ4n) is 0.876. The minimum Gasteiger partial charge on any atom is -0.508 e. The predicted octanol–water partition coefficient (Wildman–Crippen LogP) is 1.32. The molecule has 18 heavy (non-hydrogen) atoms. The van der Waals surface area contributed by atoms with Crippen molar-refractivity contribution < 1.29 is 24.9 Å². The number of carbonyl (C=O) groups is 1. The van der Waals surface area contributed by atoms with Crippen molar-refractivity contribution in [1.82, 2.24) is 0 Å². The maximum atomic E-state index is 11.2. The largest absolute Gasteiger partial charge is 0.508 e. The molecule has 3 N–H and O–H groups in total. The first kappa shape index (κ1) is 16.4. The number of ether oxygens (including phenoxy) is 1. The topological polar surface area (TPSA) is 87.0 Å². The van der Waals surface area contributed by atoms with Crippen LogP contribution in [0.4, 0.5) is 0 Å². The molecule has 1 atom stereocenters. The maximum Gasteiger partial charge on any atom is 0.338 e. The van der Waals surface area contributed by atoms with Crippen molar-refractivity contribution in [2.75, 3.05) is 13.2 Å². The molecule has 0 aromatic heterocycles. The van der Waals surface area contributed by atoms with Crippen molar-refractivity contribution in [1.29, 1.82) is 0 Å². The van der Waals surface area contributed by atoms with Gasteiger partial charge in [-0.1, -0.05) is 6.92 Å². The summed E-state index contributed by atoms with van der Waals surface area (Å²) < 4.78 is 4.90. The van der Waals surface area contributed by atoms with Crippen molar-refractivity contribution in [3.63, 3.8) is 0 Å². The molecule has 0 aliphatic rings. The first-order valence-corrected chi connectivity index (χ1v) is 5.76. The van der Waals surface area contributed by atoms with Crippen molar-refractivity contribution in [3.05, 3.63) is 29.8 Å². The van der Waals surface area contributed by atoms with Crippen LogP contribution in [0.15, 0.2) is 24.3 Å². The van der Waals surface area contributed by atoms with Gasteiger partial charge in [-0.15, -0.1) is 0 Å². The first-order chi connectivity index (χ1) is 8.51. The third kappa shape index (κ3) is 7.65. The van der Waals surface area contributed by atoms with E-state index in [0.717, 1.165) is 6.42 Å². The highest BCUT2D eigenvalue weighted by Gasteiger charge is 2.05. The number of carbonyl (C=O) groups excluding carboxylic acids is 1. The molecule has 1 aromatic carbocycles. The van der Waals surface area contributed by atoms with Crippen LogP contribution in [0.1, 0.15) is 30.6 Å². The van der Waals surface area contributed by atoms with E-state index >= 15 is 0 Å². The summed E-state index contributed by atoms with van der Waals surface area (Å²) in [6, 6.07) is 5.99. The Balaban J connectivity index is 0.000000494. The molecule has 0 amide bonds. The molecule has 1 rings (SSSR count). The van der Waals surface area contributed by atoms with Crippen LogP contribution in [0.5, 0.6) is 5.75 Å². The van der Waals surface area contributed by atoms with E-state index < -0.39 is 6.10 Å². The molecule has 1 unspecified atom stereocenters. The highest BCUT2D eigenvalue weighted by atomic mass is 16.5. The van der Waals surface area contributed by atoms with Gasteiger partial charge in [-0.05, 0) is 37.6 Å². The average Bonchev–Trinajstić information content (AvgIpc) is 2.37. The Morgan fingerprint density at radius 3 is 2.22 bits per heavy atom. The van der Waals surface area contributed by atoms with Crippen LogP contribution in [-0.4, -0.2) is 40.6 Å². The van der Waals surface area contributed by atoms with Gasteiger partial charge < -0.3 is 20.1 Å². The molecule has 102 valence electrons. The van der Waals surface area contributed by atoms with Crippen LogP contribution >= 0.6 is 0 Å². The molecule has 0 saturated carbocycles. The minimum absolute atomic E-state index is 0.139. The van der Waals surface area contributed by atoms with Gasteiger partial charge in [-0.25, -0.2) is 4.79 Å². The summed E-state index contributed by atoms with van der Waals surface area (Å²) in [5.74, 6) is -0.200. The van der Waals surface area contributed by atoms with Crippen molar-refractivity contribution in [2.24, 2.45) is 0 Å². The summed E-state index contributed by atoms with van der Waals surface area (Å²) in [5, 5.41) is 25.0. The Morgan fingerprint density at radius 1 is 1.33 bits per heavy atom. The van der Waals surface area contributed by atoms with Gasteiger partial charge in [0.2, 0.25) is 0 Å². The Labute approximate surface area is 107 Å². The van der Waals surface area contributed by atoms with E-state index in [9.17, 15) is 4.79 Å². The van der Waals surface area contributed by atoms with Crippen molar-refractivity contribution >= 4 is 5.97 Å². The van der Waals surface area contributed by atoms with E-state index in [1.165, 1.54) is 31.2 Å². The highest BCUT2D eigenvalue weighted by Crippen LogP contribution is 2.10. The number of esters is 1. The zero-order chi connectivity index (χ0) is 14.0. The van der Waals surface area contributed by atoms with Crippen LogP contribution in [0, 0.1) is 0 Å². The van der Waals surface area contributed by atoms with Gasteiger partial charge in [0.25, 0.3) is 0 Å². The highest BCUT2D eigenvalue weighted by molar-refractivity contribution is 5.89. The summed E-state index contributed by atoms with van der Waals surface area (Å²) in [6.07, 6.45) is 0.249. The molecule has 0 radical (unpaired) electrons. The number of benzene rings is 1. The van der Waals surface area contributed by atoms with E-state index in [0.29, 0.717) is 12.2 Å². The van der Waals surface area contributed by atoms with Crippen LogP contribution in [0.25, 0.3) is 0 Å². The summed E-state index contributed by atoms with van der Waals surface area (Å²) >= 11 is 0. The standard InChI is InChI=1S/C10H12O3.C3H8O2/c1-2-7-13-10(12)8-3-5-9(11)6-4-8;1-3(5)2-4/h3-6,11H,2,7H2,1H3;3-5H,2H2,1H3. The smallest absolute Gasteiger partial charge is 0.338 e. The van der Waals surface area contributed by atoms with Gasteiger partial charge in [-0.3, -0.25) is 0 Å². The van der Waals surface area contributed by atoms with E-state index in [4.69, 9.17) is 20.1 Å². The second kappa shape index (κ2) is 9.44. The van der Waals surface area contributed by atoms with Crippen LogP contribution in [0.3, 0.4) is 0 Å². The predicted molar refractivity (Wildman–Crippen MR) is 67.4 cm³/mol. The van der Waals surface area contributed by atoms with Gasteiger partial charge >= 0.3 is 5.97 Å². The maximum absolute atomic E-state index is 11.2. The Bertz CT molecular complexity index is 332. The quantitative estimate of drug-likeness (QED) is 0.707. The molecule has 0 heterocycles. The molecular formula is C13H20O5. The first-order valence-electron chi connectivity index (χ1n) is 5.76. The van der Waals surface area contributed by atoms with Crippen molar-refractivity contribution in [3.8, 4) is 5.75 Å². The Hall–Kier alpha value is -1.59. The van der Waals surface area contributed by atoms with Crippen molar-refractivity contribution in [2.45, 2.75) is 26.4 Å². The zero-order valence-electron chi connectivity index (χ0n) is 10.7. The molecule has 5 heteroatoms. The van der Waals surface area contributed by atoms with E-state index in [-0.39, 0.29) is 18.3 Å². The third-order valence-electron chi connectivity index (χ3n) is 1.80. The summed E-state index contributed by atoms with van der Waals surface area (Å²) in [4.78, 5) is 11.2. The van der Waals surface area contributed by atoms with Gasteiger partial charge in [-0.2, -0.15) is 0 Å². The molecule has 0 aliphatic heterocycles. The fourth-order valence-corrected chi connectivity index (χ4v) is 0.876. The van der Waals surface area contributed by atoms with E-state index in [1.807, 2.05) is 6.92 Å². The lowest BCUT2D eigenvalue weighted by Gasteiger charge is -2.02. The van der Waals surface area contributed by atoms with Gasteiger partial charge in [0.05, 0.1) is 24.9 Å². The van der Waals surface area contributed by atoms with Crippen LogP contribution < -0.4 is 0 Å². The SMILES string of the molecule is CC(O)CO.CCCOC(=O)c1ccc(O)cc1. The Kier molecular flexibility index (Phi) is 8.61. The molecule has 5 nitrogen and oxygen atoms in total. The van der Waals surface area contributed by atoms with Gasteiger partial charge in [0.1, 0.15) is 5.75 Å². The third-order valence-corrected chi connectivity index (χ3v) is 1.80. The van der Waals surface area contributed by atoms with Crippen LogP contribution in [0.2, 0.25) is 0 Å². The Morgan fingerprint density at radius 2 is 1.83 bits per heavy atom. The second-order valence-electron chi connectivity index (χ2n) is 3.71. The number of phenolic OH excluding ortho intramolecular Hbond substituents is 1. The number of rotatable bonds is 4. The number of phenols is 1. The number of aromatic hydroxyl groups is 1. The van der Waals surface area contributed by atoms with Gasteiger partial charge in [0.15, 0.2) is 0 Å². The van der Waals surface area contributed by atoms with Crippen LogP contribution in [-0.2, 0) is 4.74 Å². The lowest BCUT2D eigenvalue weighted by molar-refractivity contribution is 0.0505. The summed E-state index contributed by atoms with van der Waals surface area (Å²) in [6.45, 7) is 3.75. The molecule has 0 fully saturated rings. The lowest BCUT2D eigenvalue weighted by Crippen LogP contribution is -2.05. The molecular weight excluding hydrogens is 236 g/mol. The fraction of sp³-hybridized carbons (Fsp3) is 0.462. The molecule has 0 saturated heterocycles. The minimum atomic E-state index is -0.560. The monoisotopic (exact) mass is 256 g/mol. The van der Waals surface area contributed by atoms with E-state index in [2.05, 4.69) is 0 Å². The second-order valence-corrected chi connectivity index (χ2v) is 3.71. The molecule has 0 spiro atoms. The normalized spacial score (nSPS) is 11.1. The average molecular weight is 256 g/mol. The number of hydrogen-bond acceptors (Lipinski definition) is 5. The lowest BCUT2D eigenvalue weighted by atomic mass is 10.2.